The third kappa shape index (κ3) is 2.56. The van der Waals surface area contributed by atoms with Gasteiger partial charge in [0.25, 0.3) is 0 Å². The van der Waals surface area contributed by atoms with Crippen molar-refractivity contribution >= 4 is 0 Å². The molecule has 0 bridgehead atoms. The Kier molecular flexibility index (Phi) is 3.59. The lowest BCUT2D eigenvalue weighted by molar-refractivity contribution is 0.434. The molecule has 0 spiro atoms. The van der Waals surface area contributed by atoms with E-state index in [4.69, 9.17) is 4.98 Å². The summed E-state index contributed by atoms with van der Waals surface area (Å²) in [5, 5.41) is 3.41. The van der Waals surface area contributed by atoms with Crippen molar-refractivity contribution in [2.24, 2.45) is 0 Å². The van der Waals surface area contributed by atoms with Crippen molar-refractivity contribution in [3.8, 4) is 0 Å². The first-order valence-corrected chi connectivity index (χ1v) is 7.39. The normalized spacial score (nSPS) is 25.5. The Morgan fingerprint density at radius 2 is 1.89 bits per heavy atom. The number of hydrogen-bond donors (Lipinski definition) is 1. The maximum Gasteiger partial charge on any atom is 0.133 e. The minimum absolute atomic E-state index is 0.534. The fourth-order valence-corrected chi connectivity index (χ4v) is 3.28. The zero-order chi connectivity index (χ0) is 12.4. The van der Waals surface area contributed by atoms with Gasteiger partial charge in [-0.15, -0.1) is 0 Å². The monoisotopic (exact) mass is 245 g/mol. The standard InChI is InChI=1S/C15H23N3/c1-11-9-14(12-5-3-2-4-6-12)18-15(17-11)13-7-8-16-10-13/h9,12-13,16H,2-8,10H2,1H3. The van der Waals surface area contributed by atoms with E-state index in [9.17, 15) is 0 Å². The summed E-state index contributed by atoms with van der Waals surface area (Å²) in [5.41, 5.74) is 2.46. The Morgan fingerprint density at radius 1 is 1.06 bits per heavy atom. The molecule has 2 fully saturated rings. The predicted molar refractivity (Wildman–Crippen MR) is 72.8 cm³/mol. The first-order valence-electron chi connectivity index (χ1n) is 7.39. The summed E-state index contributed by atoms with van der Waals surface area (Å²) in [6.45, 7) is 4.27. The van der Waals surface area contributed by atoms with Crippen molar-refractivity contribution in [2.75, 3.05) is 13.1 Å². The number of hydrogen-bond acceptors (Lipinski definition) is 3. The van der Waals surface area contributed by atoms with E-state index in [-0.39, 0.29) is 0 Å². The predicted octanol–water partition coefficient (Wildman–Crippen LogP) is 2.91. The van der Waals surface area contributed by atoms with Crippen LogP contribution in [-0.2, 0) is 0 Å². The van der Waals surface area contributed by atoms with Gasteiger partial charge in [0.1, 0.15) is 5.82 Å². The van der Waals surface area contributed by atoms with Crippen molar-refractivity contribution in [3.63, 3.8) is 0 Å². The second-order valence-electron chi connectivity index (χ2n) is 5.82. The van der Waals surface area contributed by atoms with E-state index in [1.807, 2.05) is 0 Å². The summed E-state index contributed by atoms with van der Waals surface area (Å²) in [7, 11) is 0. The van der Waals surface area contributed by atoms with E-state index in [0.717, 1.165) is 24.6 Å². The van der Waals surface area contributed by atoms with Crippen molar-refractivity contribution in [2.45, 2.75) is 57.3 Å². The van der Waals surface area contributed by atoms with Crippen LogP contribution < -0.4 is 5.32 Å². The van der Waals surface area contributed by atoms with Crippen LogP contribution in [0.1, 0.15) is 67.6 Å². The van der Waals surface area contributed by atoms with Crippen LogP contribution >= 0.6 is 0 Å². The van der Waals surface area contributed by atoms with Gasteiger partial charge in [-0.3, -0.25) is 0 Å². The molecule has 1 aliphatic heterocycles. The molecule has 1 aromatic rings. The lowest BCUT2D eigenvalue weighted by Gasteiger charge is -2.22. The number of nitrogens with one attached hydrogen (secondary N) is 1. The zero-order valence-electron chi connectivity index (χ0n) is 11.3. The molecule has 1 saturated carbocycles. The molecule has 3 nitrogen and oxygen atoms in total. The summed E-state index contributed by atoms with van der Waals surface area (Å²) >= 11 is 0. The Bertz CT molecular complexity index is 404. The van der Waals surface area contributed by atoms with Crippen LogP contribution in [0.4, 0.5) is 0 Å². The number of rotatable bonds is 2. The molecule has 1 aliphatic carbocycles. The third-order valence-electron chi connectivity index (χ3n) is 4.34. The number of aromatic nitrogens is 2. The van der Waals surface area contributed by atoms with Gasteiger partial charge >= 0.3 is 0 Å². The molecule has 3 heteroatoms. The molecule has 2 heterocycles. The molecule has 1 atom stereocenters. The summed E-state index contributed by atoms with van der Waals surface area (Å²) < 4.78 is 0. The lowest BCUT2D eigenvalue weighted by atomic mass is 9.86. The Labute approximate surface area is 109 Å². The van der Waals surface area contributed by atoms with Gasteiger partial charge in [-0.1, -0.05) is 19.3 Å². The van der Waals surface area contributed by atoms with Gasteiger partial charge in [0.05, 0.1) is 0 Å². The average molecular weight is 245 g/mol. The van der Waals surface area contributed by atoms with Crippen LogP contribution in [0.2, 0.25) is 0 Å². The Morgan fingerprint density at radius 3 is 2.61 bits per heavy atom. The summed E-state index contributed by atoms with van der Waals surface area (Å²) in [6.07, 6.45) is 7.97. The average Bonchev–Trinajstić information content (AvgIpc) is 2.93. The minimum Gasteiger partial charge on any atom is -0.316 e. The molecule has 0 aromatic carbocycles. The summed E-state index contributed by atoms with van der Waals surface area (Å²) in [6, 6.07) is 2.21. The Balaban J connectivity index is 1.84. The first kappa shape index (κ1) is 12.1. The fourth-order valence-electron chi connectivity index (χ4n) is 3.28. The molecule has 1 unspecified atom stereocenters. The molecule has 1 aromatic heterocycles. The van der Waals surface area contributed by atoms with Gasteiger partial charge in [-0.2, -0.15) is 0 Å². The largest absolute Gasteiger partial charge is 0.316 e. The third-order valence-corrected chi connectivity index (χ3v) is 4.34. The molecule has 1 N–H and O–H groups in total. The maximum absolute atomic E-state index is 4.89. The van der Waals surface area contributed by atoms with Crippen LogP contribution in [0.5, 0.6) is 0 Å². The summed E-state index contributed by atoms with van der Waals surface area (Å²) in [5.74, 6) is 2.31. The van der Waals surface area contributed by atoms with Crippen molar-refractivity contribution in [3.05, 3.63) is 23.3 Å². The van der Waals surface area contributed by atoms with E-state index in [1.54, 1.807) is 0 Å². The minimum atomic E-state index is 0.534. The van der Waals surface area contributed by atoms with Gasteiger partial charge in [-0.05, 0) is 38.8 Å². The van der Waals surface area contributed by atoms with Gasteiger partial charge < -0.3 is 5.32 Å². The van der Waals surface area contributed by atoms with Crippen LogP contribution in [0.25, 0.3) is 0 Å². The van der Waals surface area contributed by atoms with E-state index < -0.39 is 0 Å². The Hall–Kier alpha value is -0.960. The van der Waals surface area contributed by atoms with Crippen molar-refractivity contribution in [1.29, 1.82) is 0 Å². The maximum atomic E-state index is 4.89. The second kappa shape index (κ2) is 5.35. The molecule has 0 radical (unpaired) electrons. The van der Waals surface area contributed by atoms with Gasteiger partial charge in [0.2, 0.25) is 0 Å². The smallest absolute Gasteiger partial charge is 0.133 e. The first-order chi connectivity index (χ1) is 8.83. The highest BCUT2D eigenvalue weighted by molar-refractivity contribution is 5.17. The molecule has 3 rings (SSSR count). The highest BCUT2D eigenvalue weighted by Crippen LogP contribution is 2.32. The molecule has 0 amide bonds. The molecular formula is C15H23N3. The van der Waals surface area contributed by atoms with Gasteiger partial charge in [0.15, 0.2) is 0 Å². The van der Waals surface area contributed by atoms with Crippen LogP contribution in [0.15, 0.2) is 6.07 Å². The SMILES string of the molecule is Cc1cc(C2CCCCC2)nc(C2CCNC2)n1. The number of aryl methyl sites for hydroxylation is 1. The van der Waals surface area contributed by atoms with Gasteiger partial charge in [-0.25, -0.2) is 9.97 Å². The van der Waals surface area contributed by atoms with Crippen LogP contribution in [0, 0.1) is 6.92 Å². The second-order valence-corrected chi connectivity index (χ2v) is 5.82. The molecule has 1 saturated heterocycles. The molecule has 98 valence electrons. The fraction of sp³-hybridized carbons (Fsp3) is 0.733. The highest BCUT2D eigenvalue weighted by atomic mass is 15.0. The van der Waals surface area contributed by atoms with Gasteiger partial charge in [0, 0.05) is 29.8 Å². The van der Waals surface area contributed by atoms with Crippen LogP contribution in [-0.4, -0.2) is 23.1 Å². The van der Waals surface area contributed by atoms with Crippen molar-refractivity contribution in [1.82, 2.24) is 15.3 Å². The van der Waals surface area contributed by atoms with E-state index in [0.29, 0.717) is 11.8 Å². The molecule has 18 heavy (non-hydrogen) atoms. The summed E-state index contributed by atoms with van der Waals surface area (Å²) in [4.78, 5) is 9.55. The van der Waals surface area contributed by atoms with E-state index >= 15 is 0 Å². The zero-order valence-corrected chi connectivity index (χ0v) is 11.3. The van der Waals surface area contributed by atoms with E-state index in [1.165, 1.54) is 44.2 Å². The van der Waals surface area contributed by atoms with Crippen molar-refractivity contribution < 1.29 is 0 Å². The quantitative estimate of drug-likeness (QED) is 0.870. The number of nitrogens with zero attached hydrogens (tertiary/aromatic N) is 2. The topological polar surface area (TPSA) is 37.8 Å². The molecule has 2 aliphatic rings. The van der Waals surface area contributed by atoms with E-state index in [2.05, 4.69) is 23.3 Å². The molecular weight excluding hydrogens is 222 g/mol. The lowest BCUT2D eigenvalue weighted by Crippen LogP contribution is -2.14. The highest BCUT2D eigenvalue weighted by Gasteiger charge is 2.23. The van der Waals surface area contributed by atoms with Crippen LogP contribution in [0.3, 0.4) is 0 Å².